The summed E-state index contributed by atoms with van der Waals surface area (Å²) >= 11 is 0. The van der Waals surface area contributed by atoms with Crippen molar-refractivity contribution in [1.29, 1.82) is 0 Å². The molecule has 3 aromatic rings. The lowest BCUT2D eigenvalue weighted by Gasteiger charge is -2.34. The highest BCUT2D eigenvalue weighted by atomic mass is 16.6. The number of ether oxygens (including phenoxy) is 2. The summed E-state index contributed by atoms with van der Waals surface area (Å²) < 4.78 is 11.5. The molecule has 0 unspecified atom stereocenters. The van der Waals surface area contributed by atoms with Crippen LogP contribution in [0.3, 0.4) is 0 Å². The zero-order valence-corrected chi connectivity index (χ0v) is 37.0. The van der Waals surface area contributed by atoms with Crippen LogP contribution >= 0.6 is 0 Å². The van der Waals surface area contributed by atoms with Gasteiger partial charge in [-0.15, -0.1) is 0 Å². The van der Waals surface area contributed by atoms with E-state index in [4.69, 9.17) is 9.47 Å². The minimum Gasteiger partial charge on any atom is -0.486 e. The van der Waals surface area contributed by atoms with E-state index in [1.54, 1.807) is 0 Å². The summed E-state index contributed by atoms with van der Waals surface area (Å²) in [7, 11) is 0. The molecule has 3 aromatic carbocycles. The average molecular weight is 815 g/mol. The van der Waals surface area contributed by atoms with Crippen molar-refractivity contribution < 1.29 is 14.3 Å². The van der Waals surface area contributed by atoms with E-state index in [-0.39, 0.29) is 5.91 Å². The number of carbonyl (C=O) groups excluding carboxylic acids is 1. The summed E-state index contributed by atoms with van der Waals surface area (Å²) in [4.78, 5) is 21.4. The van der Waals surface area contributed by atoms with Crippen molar-refractivity contribution in [2.24, 2.45) is 11.8 Å². The molecule has 0 bridgehead atoms. The Morgan fingerprint density at radius 2 is 1.20 bits per heavy atom. The van der Waals surface area contributed by atoms with Gasteiger partial charge in [-0.1, -0.05) is 122 Å². The number of nitrogens with one attached hydrogen (secondary N) is 1. The smallest absolute Gasteiger partial charge is 0.254 e. The Labute approximate surface area is 362 Å². The summed E-state index contributed by atoms with van der Waals surface area (Å²) in [6, 6.07) is 27.8. The van der Waals surface area contributed by atoms with Crippen molar-refractivity contribution in [3.05, 3.63) is 107 Å². The standard InChI is InChI=1S/C31H40N2O3.C22H34N2/c1-24(19-25-9-4-2-5-10-25)21-33(31(34)27-14-15-29-30(20-27)36-18-17-35-29)23-28-13-8-16-32(28)22-26-11-6-3-7-12-26;1-19(15-20-9-4-2-5-10-20)16-23-17-22-13-8-14-24(22)18-21-11-6-3-7-12-21/h2,4-5,9-10,14-15,19-20,26,28H,3,6-8,11-13,16-18,21-23H2,1H3;2,4-5,9-10,15,21-23H,3,6-8,11-14,16-18H2,1H3/b24-19+;19-15+/t28-;22-/m00/s1. The highest BCUT2D eigenvalue weighted by molar-refractivity contribution is 5.95. The van der Waals surface area contributed by atoms with Gasteiger partial charge in [-0.3, -0.25) is 14.6 Å². The van der Waals surface area contributed by atoms with Gasteiger partial charge in [-0.2, -0.15) is 0 Å². The molecule has 7 nitrogen and oxygen atoms in total. The lowest BCUT2D eigenvalue weighted by molar-refractivity contribution is 0.0709. The van der Waals surface area contributed by atoms with Crippen LogP contribution in [0.15, 0.2) is 90.0 Å². The maximum Gasteiger partial charge on any atom is 0.254 e. The van der Waals surface area contributed by atoms with Gasteiger partial charge >= 0.3 is 0 Å². The third kappa shape index (κ3) is 13.5. The van der Waals surface area contributed by atoms with E-state index < -0.39 is 0 Å². The number of hydrogen-bond donors (Lipinski definition) is 1. The average Bonchev–Trinajstić information content (AvgIpc) is 3.92. The Morgan fingerprint density at radius 3 is 1.82 bits per heavy atom. The molecule has 4 fully saturated rings. The number of likely N-dealkylation sites (tertiary alicyclic amines) is 2. The normalized spacial score (nSPS) is 22.0. The third-order valence-electron chi connectivity index (χ3n) is 13.6. The van der Waals surface area contributed by atoms with E-state index in [1.807, 2.05) is 24.3 Å². The van der Waals surface area contributed by atoms with Crippen molar-refractivity contribution >= 4 is 18.1 Å². The van der Waals surface area contributed by atoms with Crippen LogP contribution in [0.1, 0.15) is 125 Å². The van der Waals surface area contributed by atoms with Gasteiger partial charge in [0.2, 0.25) is 0 Å². The van der Waals surface area contributed by atoms with E-state index in [1.165, 1.54) is 132 Å². The number of rotatable bonds is 15. The second-order valence-electron chi connectivity index (χ2n) is 18.6. The number of nitrogens with zero attached hydrogens (tertiary/aromatic N) is 3. The third-order valence-corrected chi connectivity index (χ3v) is 13.6. The van der Waals surface area contributed by atoms with Gasteiger partial charge in [0.1, 0.15) is 13.2 Å². The van der Waals surface area contributed by atoms with E-state index in [9.17, 15) is 4.79 Å². The highest BCUT2D eigenvalue weighted by Gasteiger charge is 2.31. The van der Waals surface area contributed by atoms with E-state index in [0.717, 1.165) is 49.8 Å². The zero-order valence-electron chi connectivity index (χ0n) is 37.0. The number of fused-ring (bicyclic) bond motifs is 1. The maximum absolute atomic E-state index is 13.9. The molecule has 1 amide bonds. The van der Waals surface area contributed by atoms with Crippen molar-refractivity contribution in [3.8, 4) is 11.5 Å². The first-order chi connectivity index (χ1) is 29.5. The van der Waals surface area contributed by atoms with Crippen LogP contribution in [0.2, 0.25) is 0 Å². The molecule has 3 aliphatic heterocycles. The SMILES string of the molecule is C/C(=C\c1ccccc1)CN(C[C@@H]1CCCN1CC1CCCCC1)C(=O)c1ccc2c(c1)OCCO2.C/C(=C\c1ccccc1)CNC[C@@H]1CCCN1CC1CCCCC1. The number of benzene rings is 3. The fourth-order valence-electron chi connectivity index (χ4n) is 10.4. The van der Waals surface area contributed by atoms with E-state index in [2.05, 4.69) is 101 Å². The summed E-state index contributed by atoms with van der Waals surface area (Å²) in [6.07, 6.45) is 23.8. The van der Waals surface area contributed by atoms with Crippen LogP contribution in [0.5, 0.6) is 11.5 Å². The minimum atomic E-state index is 0.0669. The summed E-state index contributed by atoms with van der Waals surface area (Å²) in [5.41, 5.74) is 5.74. The van der Waals surface area contributed by atoms with Gasteiger partial charge in [0, 0.05) is 56.9 Å². The quantitative estimate of drug-likeness (QED) is 0.165. The molecule has 324 valence electrons. The van der Waals surface area contributed by atoms with Crippen LogP contribution in [-0.2, 0) is 0 Å². The maximum atomic E-state index is 13.9. The lowest BCUT2D eigenvalue weighted by Crippen LogP contribution is -2.45. The Kier molecular flexibility index (Phi) is 17.2. The molecule has 8 rings (SSSR count). The Bertz CT molecular complexity index is 1800. The first-order valence-corrected chi connectivity index (χ1v) is 23.8. The van der Waals surface area contributed by atoms with Crippen molar-refractivity contribution in [2.45, 2.75) is 116 Å². The molecule has 0 radical (unpaired) electrons. The van der Waals surface area contributed by atoms with Gasteiger partial charge in [-0.05, 0) is 119 Å². The van der Waals surface area contributed by atoms with Gasteiger partial charge in [0.25, 0.3) is 5.91 Å². The molecule has 1 N–H and O–H groups in total. The summed E-state index contributed by atoms with van der Waals surface area (Å²) in [5, 5.41) is 3.70. The molecule has 2 saturated carbocycles. The van der Waals surface area contributed by atoms with Gasteiger partial charge < -0.3 is 19.7 Å². The van der Waals surface area contributed by atoms with Crippen LogP contribution in [-0.4, -0.2) is 98.3 Å². The van der Waals surface area contributed by atoms with Gasteiger partial charge in [0.15, 0.2) is 11.5 Å². The molecule has 3 heterocycles. The van der Waals surface area contributed by atoms with Crippen LogP contribution < -0.4 is 14.8 Å². The number of carbonyl (C=O) groups is 1. The second-order valence-corrected chi connectivity index (χ2v) is 18.6. The molecule has 5 aliphatic rings. The molecule has 0 aromatic heterocycles. The second kappa shape index (κ2) is 23.3. The van der Waals surface area contributed by atoms with Crippen LogP contribution in [0.25, 0.3) is 12.2 Å². The minimum absolute atomic E-state index is 0.0669. The van der Waals surface area contributed by atoms with E-state index in [0.29, 0.717) is 37.1 Å². The molecule has 60 heavy (non-hydrogen) atoms. The molecule has 0 spiro atoms. The number of hydrogen-bond acceptors (Lipinski definition) is 6. The number of amides is 1. The Balaban J connectivity index is 0.000000197. The fraction of sp³-hybridized carbons (Fsp3) is 0.566. The largest absolute Gasteiger partial charge is 0.486 e. The van der Waals surface area contributed by atoms with Crippen LogP contribution in [0.4, 0.5) is 0 Å². The Morgan fingerprint density at radius 1 is 0.650 bits per heavy atom. The first kappa shape index (κ1) is 44.2. The first-order valence-electron chi connectivity index (χ1n) is 23.8. The fourth-order valence-corrected chi connectivity index (χ4v) is 10.4. The monoisotopic (exact) mass is 815 g/mol. The van der Waals surface area contributed by atoms with Crippen molar-refractivity contribution in [3.63, 3.8) is 0 Å². The van der Waals surface area contributed by atoms with Gasteiger partial charge in [-0.25, -0.2) is 0 Å². The lowest BCUT2D eigenvalue weighted by atomic mass is 9.89. The zero-order chi connectivity index (χ0) is 41.4. The van der Waals surface area contributed by atoms with Crippen molar-refractivity contribution in [2.75, 3.05) is 65.6 Å². The van der Waals surface area contributed by atoms with Gasteiger partial charge in [0.05, 0.1) is 0 Å². The van der Waals surface area contributed by atoms with E-state index >= 15 is 0 Å². The predicted molar refractivity (Wildman–Crippen MR) is 249 cm³/mol. The Hall–Kier alpha value is -3.91. The molecular formula is C53H74N4O3. The topological polar surface area (TPSA) is 57.3 Å². The molecule has 2 atom stereocenters. The molecule has 2 aliphatic carbocycles. The summed E-state index contributed by atoms with van der Waals surface area (Å²) in [6.45, 7) is 14.0. The molecule has 7 heteroatoms. The highest BCUT2D eigenvalue weighted by Crippen LogP contribution is 2.33. The van der Waals surface area contributed by atoms with Crippen LogP contribution in [0, 0.1) is 11.8 Å². The molecule has 2 saturated heterocycles. The summed E-state index contributed by atoms with van der Waals surface area (Å²) in [5.74, 6) is 3.25. The predicted octanol–water partition coefficient (Wildman–Crippen LogP) is 10.8. The molecular weight excluding hydrogens is 741 g/mol. The van der Waals surface area contributed by atoms with Crippen molar-refractivity contribution in [1.82, 2.24) is 20.0 Å².